The van der Waals surface area contributed by atoms with Gasteiger partial charge >= 0.3 is 5.97 Å². The van der Waals surface area contributed by atoms with Crippen LogP contribution in [0.25, 0.3) is 5.69 Å². The molecule has 0 saturated heterocycles. The van der Waals surface area contributed by atoms with E-state index in [2.05, 4.69) is 10.3 Å². The van der Waals surface area contributed by atoms with E-state index >= 15 is 0 Å². The van der Waals surface area contributed by atoms with Crippen LogP contribution in [0.15, 0.2) is 24.4 Å². The van der Waals surface area contributed by atoms with Crippen LogP contribution in [0.1, 0.15) is 10.5 Å². The molecule has 1 aromatic heterocycles. The first kappa shape index (κ1) is 11.9. The van der Waals surface area contributed by atoms with E-state index in [4.69, 9.17) is 14.6 Å². The molecule has 1 N–H and O–H groups in total. The highest BCUT2D eigenvalue weighted by Crippen LogP contribution is 2.27. The third-order valence-electron chi connectivity index (χ3n) is 2.35. The van der Waals surface area contributed by atoms with E-state index in [9.17, 15) is 4.79 Å². The Morgan fingerprint density at radius 1 is 1.33 bits per heavy atom. The minimum absolute atomic E-state index is 0.132. The largest absolute Gasteiger partial charge is 0.497 e. The predicted octanol–water partition coefficient (Wildman–Crippen LogP) is 0.983. The van der Waals surface area contributed by atoms with Crippen molar-refractivity contribution in [3.8, 4) is 17.2 Å². The number of rotatable bonds is 4. The number of nitrogens with zero attached hydrogens (tertiary/aromatic N) is 3. The second-order valence-corrected chi connectivity index (χ2v) is 3.39. The highest BCUT2D eigenvalue weighted by molar-refractivity contribution is 5.84. The zero-order valence-electron chi connectivity index (χ0n) is 9.82. The second kappa shape index (κ2) is 4.74. The summed E-state index contributed by atoms with van der Waals surface area (Å²) in [5.41, 5.74) is 0.450. The summed E-state index contributed by atoms with van der Waals surface area (Å²) in [4.78, 5) is 10.7. The molecule has 0 atom stereocenters. The van der Waals surface area contributed by atoms with Crippen molar-refractivity contribution >= 4 is 5.97 Å². The highest BCUT2D eigenvalue weighted by atomic mass is 16.5. The van der Waals surface area contributed by atoms with Crippen molar-refractivity contribution in [3.63, 3.8) is 0 Å². The lowest BCUT2D eigenvalue weighted by molar-refractivity contribution is 0.0690. The van der Waals surface area contributed by atoms with Crippen LogP contribution < -0.4 is 9.47 Å². The number of aromatic carboxylic acids is 1. The molecule has 0 saturated carbocycles. The monoisotopic (exact) mass is 249 g/mol. The highest BCUT2D eigenvalue weighted by Gasteiger charge is 2.12. The summed E-state index contributed by atoms with van der Waals surface area (Å²) in [6.07, 6.45) is 1.31. The van der Waals surface area contributed by atoms with Gasteiger partial charge in [-0.15, -0.1) is 5.10 Å². The van der Waals surface area contributed by atoms with Gasteiger partial charge in [0.2, 0.25) is 0 Å². The summed E-state index contributed by atoms with van der Waals surface area (Å²) in [5, 5.41) is 16.1. The first-order chi connectivity index (χ1) is 8.65. The lowest BCUT2D eigenvalue weighted by atomic mass is 10.2. The SMILES string of the molecule is COc1ccc(-n2cc(C(=O)O)nn2)c(OC)c1. The molecule has 0 spiro atoms. The van der Waals surface area contributed by atoms with Crippen molar-refractivity contribution in [2.75, 3.05) is 14.2 Å². The minimum atomic E-state index is -1.13. The van der Waals surface area contributed by atoms with Crippen molar-refractivity contribution in [2.24, 2.45) is 0 Å². The standard InChI is InChI=1S/C11H11N3O4/c1-17-7-3-4-9(10(5-7)18-2)14-6-8(11(15)16)12-13-14/h3-6H,1-2H3,(H,15,16). The molecule has 0 aliphatic rings. The van der Waals surface area contributed by atoms with Crippen molar-refractivity contribution in [3.05, 3.63) is 30.1 Å². The van der Waals surface area contributed by atoms with Crippen LogP contribution in [-0.2, 0) is 0 Å². The first-order valence-electron chi connectivity index (χ1n) is 5.03. The number of hydrogen-bond acceptors (Lipinski definition) is 5. The third kappa shape index (κ3) is 2.10. The van der Waals surface area contributed by atoms with Crippen LogP contribution in [0.3, 0.4) is 0 Å². The van der Waals surface area contributed by atoms with Crippen LogP contribution >= 0.6 is 0 Å². The van der Waals surface area contributed by atoms with Crippen molar-refractivity contribution in [1.29, 1.82) is 0 Å². The van der Waals surface area contributed by atoms with Gasteiger partial charge in [0.15, 0.2) is 5.69 Å². The van der Waals surface area contributed by atoms with E-state index in [0.29, 0.717) is 17.2 Å². The molecular formula is C11H11N3O4. The molecule has 18 heavy (non-hydrogen) atoms. The Labute approximate surface area is 103 Å². The van der Waals surface area contributed by atoms with Gasteiger partial charge in [-0.05, 0) is 12.1 Å². The quantitative estimate of drug-likeness (QED) is 0.869. The molecule has 0 amide bonds. The fraction of sp³-hybridized carbons (Fsp3) is 0.182. The molecule has 1 heterocycles. The van der Waals surface area contributed by atoms with E-state index in [-0.39, 0.29) is 5.69 Å². The number of benzene rings is 1. The minimum Gasteiger partial charge on any atom is -0.497 e. The van der Waals surface area contributed by atoms with Crippen LogP contribution in [0.2, 0.25) is 0 Å². The number of carboxylic acid groups (broad SMARTS) is 1. The predicted molar refractivity (Wildman–Crippen MR) is 61.4 cm³/mol. The summed E-state index contributed by atoms with van der Waals surface area (Å²) in [5.74, 6) is 0.0130. The molecule has 0 unspecified atom stereocenters. The van der Waals surface area contributed by atoms with Crippen molar-refractivity contribution in [2.45, 2.75) is 0 Å². The Kier molecular flexibility index (Phi) is 3.13. The van der Waals surface area contributed by atoms with Crippen LogP contribution in [-0.4, -0.2) is 40.3 Å². The lowest BCUT2D eigenvalue weighted by Crippen LogP contribution is -1.99. The first-order valence-corrected chi connectivity index (χ1v) is 5.03. The van der Waals surface area contributed by atoms with Gasteiger partial charge in [-0.2, -0.15) is 0 Å². The Morgan fingerprint density at radius 2 is 2.11 bits per heavy atom. The summed E-state index contributed by atoms with van der Waals surface area (Å²) in [6, 6.07) is 5.11. The zero-order valence-corrected chi connectivity index (χ0v) is 9.82. The number of methoxy groups -OCH3 is 2. The van der Waals surface area contributed by atoms with Crippen LogP contribution in [0.5, 0.6) is 11.5 Å². The molecule has 94 valence electrons. The van der Waals surface area contributed by atoms with Gasteiger partial charge in [-0.1, -0.05) is 5.21 Å². The number of carbonyl (C=O) groups is 1. The van der Waals surface area contributed by atoms with E-state index in [1.807, 2.05) is 0 Å². The smallest absolute Gasteiger partial charge is 0.358 e. The summed E-state index contributed by atoms with van der Waals surface area (Å²) in [6.45, 7) is 0. The lowest BCUT2D eigenvalue weighted by Gasteiger charge is -2.09. The van der Waals surface area contributed by atoms with Gasteiger partial charge in [0.1, 0.15) is 17.2 Å². The number of carboxylic acids is 1. The van der Waals surface area contributed by atoms with Gasteiger partial charge < -0.3 is 14.6 Å². The van der Waals surface area contributed by atoms with Gasteiger partial charge in [-0.25, -0.2) is 9.48 Å². The Hall–Kier alpha value is -2.57. The summed E-state index contributed by atoms with van der Waals surface area (Å²) >= 11 is 0. The number of ether oxygens (including phenoxy) is 2. The Bertz CT molecular complexity index is 579. The Balaban J connectivity index is 2.45. The molecule has 0 radical (unpaired) electrons. The molecule has 0 bridgehead atoms. The van der Waals surface area contributed by atoms with Crippen LogP contribution in [0, 0.1) is 0 Å². The molecule has 0 fully saturated rings. The molecular weight excluding hydrogens is 238 g/mol. The Morgan fingerprint density at radius 3 is 2.67 bits per heavy atom. The summed E-state index contributed by atoms with van der Waals surface area (Å²) in [7, 11) is 3.06. The average molecular weight is 249 g/mol. The second-order valence-electron chi connectivity index (χ2n) is 3.39. The zero-order chi connectivity index (χ0) is 13.1. The molecule has 2 aromatic rings. The summed E-state index contributed by atoms with van der Waals surface area (Å²) < 4.78 is 11.6. The topological polar surface area (TPSA) is 86.5 Å². The fourth-order valence-corrected chi connectivity index (χ4v) is 1.45. The molecule has 2 rings (SSSR count). The van der Waals surface area contributed by atoms with E-state index in [0.717, 1.165) is 0 Å². The van der Waals surface area contributed by atoms with E-state index in [1.54, 1.807) is 25.3 Å². The molecule has 7 heteroatoms. The molecule has 7 nitrogen and oxygen atoms in total. The fourth-order valence-electron chi connectivity index (χ4n) is 1.45. The number of hydrogen-bond donors (Lipinski definition) is 1. The molecule has 0 aliphatic carbocycles. The molecule has 1 aromatic carbocycles. The van der Waals surface area contributed by atoms with E-state index < -0.39 is 5.97 Å². The van der Waals surface area contributed by atoms with Gasteiger partial charge in [0.25, 0.3) is 0 Å². The van der Waals surface area contributed by atoms with Gasteiger partial charge in [0, 0.05) is 6.07 Å². The molecule has 0 aliphatic heterocycles. The maximum absolute atomic E-state index is 10.7. The van der Waals surface area contributed by atoms with Crippen LogP contribution in [0.4, 0.5) is 0 Å². The maximum Gasteiger partial charge on any atom is 0.358 e. The maximum atomic E-state index is 10.7. The van der Waals surface area contributed by atoms with Gasteiger partial charge in [-0.3, -0.25) is 0 Å². The normalized spacial score (nSPS) is 10.1. The van der Waals surface area contributed by atoms with Gasteiger partial charge in [0.05, 0.1) is 20.4 Å². The number of aromatic nitrogens is 3. The van der Waals surface area contributed by atoms with Crippen molar-refractivity contribution < 1.29 is 19.4 Å². The van der Waals surface area contributed by atoms with E-state index in [1.165, 1.54) is 18.0 Å². The third-order valence-corrected chi connectivity index (χ3v) is 2.35. The average Bonchev–Trinajstić information content (AvgIpc) is 2.87. The van der Waals surface area contributed by atoms with Crippen molar-refractivity contribution in [1.82, 2.24) is 15.0 Å².